The maximum Gasteiger partial charge on any atom is 0.322 e. The summed E-state index contributed by atoms with van der Waals surface area (Å²) in [4.78, 5) is 14.4. The van der Waals surface area contributed by atoms with Crippen LogP contribution in [0.4, 0.5) is 10.5 Å². The van der Waals surface area contributed by atoms with Gasteiger partial charge >= 0.3 is 6.03 Å². The number of urea groups is 1. The minimum Gasteiger partial charge on any atom is -0.497 e. The summed E-state index contributed by atoms with van der Waals surface area (Å²) in [6.45, 7) is 6.59. The van der Waals surface area contributed by atoms with Gasteiger partial charge in [0.25, 0.3) is 0 Å². The minimum atomic E-state index is -0.122. The van der Waals surface area contributed by atoms with Crippen LogP contribution in [-0.4, -0.2) is 30.6 Å². The van der Waals surface area contributed by atoms with E-state index in [0.717, 1.165) is 23.3 Å². The molecule has 134 valence electrons. The Hall–Kier alpha value is -2.20. The highest BCUT2D eigenvalue weighted by atomic mass is 35.5. The first kappa shape index (κ1) is 19.1. The van der Waals surface area contributed by atoms with Crippen molar-refractivity contribution in [1.82, 2.24) is 4.90 Å². The van der Waals surface area contributed by atoms with E-state index in [2.05, 4.69) is 12.2 Å². The molecule has 0 fully saturated rings. The lowest BCUT2D eigenvalue weighted by Crippen LogP contribution is -2.42. The second-order valence-corrected chi connectivity index (χ2v) is 6.49. The van der Waals surface area contributed by atoms with Crippen molar-refractivity contribution in [2.24, 2.45) is 0 Å². The number of carbonyl (C=O) groups excluding carboxylic acids is 1. The summed E-state index contributed by atoms with van der Waals surface area (Å²) >= 11 is 6.13. The van der Waals surface area contributed by atoms with Crippen LogP contribution < -0.4 is 10.1 Å². The number of rotatable bonds is 6. The highest BCUT2D eigenvalue weighted by Crippen LogP contribution is 2.21. The summed E-state index contributed by atoms with van der Waals surface area (Å²) in [5, 5.41) is 3.57. The lowest BCUT2D eigenvalue weighted by molar-refractivity contribution is 0.196. The van der Waals surface area contributed by atoms with E-state index in [-0.39, 0.29) is 12.1 Å². The van der Waals surface area contributed by atoms with Gasteiger partial charge in [0.05, 0.1) is 7.11 Å². The zero-order chi connectivity index (χ0) is 18.4. The predicted molar refractivity (Wildman–Crippen MR) is 104 cm³/mol. The first-order valence-electron chi connectivity index (χ1n) is 8.41. The number of nitrogens with one attached hydrogen (secondary N) is 1. The fourth-order valence-electron chi connectivity index (χ4n) is 2.73. The maximum absolute atomic E-state index is 12.6. The third-order valence-corrected chi connectivity index (χ3v) is 4.65. The van der Waals surface area contributed by atoms with Crippen LogP contribution in [0.1, 0.15) is 25.0 Å². The Morgan fingerprint density at radius 2 is 1.92 bits per heavy atom. The van der Waals surface area contributed by atoms with Gasteiger partial charge in [0, 0.05) is 23.3 Å². The van der Waals surface area contributed by atoms with E-state index < -0.39 is 0 Å². The lowest BCUT2D eigenvalue weighted by atomic mass is 10.1. The van der Waals surface area contributed by atoms with Crippen molar-refractivity contribution in [1.29, 1.82) is 0 Å². The topological polar surface area (TPSA) is 41.6 Å². The van der Waals surface area contributed by atoms with Gasteiger partial charge in [-0.3, -0.25) is 0 Å². The number of halogens is 1. The molecule has 1 unspecified atom stereocenters. The van der Waals surface area contributed by atoms with Crippen molar-refractivity contribution in [3.63, 3.8) is 0 Å². The highest BCUT2D eigenvalue weighted by Gasteiger charge is 2.19. The molecule has 1 atom stereocenters. The Labute approximate surface area is 154 Å². The van der Waals surface area contributed by atoms with Crippen LogP contribution in [0.25, 0.3) is 0 Å². The van der Waals surface area contributed by atoms with E-state index in [0.29, 0.717) is 17.3 Å². The van der Waals surface area contributed by atoms with Crippen LogP contribution in [-0.2, 0) is 6.42 Å². The Morgan fingerprint density at radius 3 is 2.48 bits per heavy atom. The molecule has 0 saturated carbocycles. The van der Waals surface area contributed by atoms with E-state index in [1.54, 1.807) is 13.2 Å². The van der Waals surface area contributed by atoms with Crippen molar-refractivity contribution in [2.75, 3.05) is 19.0 Å². The minimum absolute atomic E-state index is 0.0688. The molecule has 1 N–H and O–H groups in total. The van der Waals surface area contributed by atoms with Crippen LogP contribution in [0.3, 0.4) is 0 Å². The van der Waals surface area contributed by atoms with Gasteiger partial charge in [-0.2, -0.15) is 0 Å². The van der Waals surface area contributed by atoms with E-state index in [9.17, 15) is 4.79 Å². The molecule has 0 heterocycles. The van der Waals surface area contributed by atoms with E-state index in [1.807, 2.05) is 55.1 Å². The van der Waals surface area contributed by atoms with Crippen molar-refractivity contribution in [2.45, 2.75) is 33.2 Å². The normalized spacial score (nSPS) is 11.7. The summed E-state index contributed by atoms with van der Waals surface area (Å²) in [5.41, 5.74) is 2.86. The van der Waals surface area contributed by atoms with Crippen LogP contribution in [0.2, 0.25) is 5.02 Å². The number of nitrogens with zero attached hydrogens (tertiary/aromatic N) is 1. The number of hydrogen-bond donors (Lipinski definition) is 1. The second kappa shape index (κ2) is 8.77. The summed E-state index contributed by atoms with van der Waals surface area (Å²) in [7, 11) is 1.65. The molecule has 0 aliphatic carbocycles. The average molecular weight is 361 g/mol. The Bertz CT molecular complexity index is 716. The first-order valence-corrected chi connectivity index (χ1v) is 8.79. The van der Waals surface area contributed by atoms with Gasteiger partial charge in [0.1, 0.15) is 5.75 Å². The molecule has 25 heavy (non-hydrogen) atoms. The van der Waals surface area contributed by atoms with Crippen molar-refractivity contribution < 1.29 is 9.53 Å². The number of ether oxygens (including phenoxy) is 1. The summed E-state index contributed by atoms with van der Waals surface area (Å²) in [6.07, 6.45) is 0.778. The monoisotopic (exact) mass is 360 g/mol. The maximum atomic E-state index is 12.6. The molecule has 0 saturated heterocycles. The zero-order valence-electron chi connectivity index (χ0n) is 15.2. The first-order chi connectivity index (χ1) is 11.9. The van der Waals surface area contributed by atoms with Crippen LogP contribution in [0.15, 0.2) is 42.5 Å². The molecule has 0 aromatic heterocycles. The molecule has 2 aromatic carbocycles. The third kappa shape index (κ3) is 5.13. The van der Waals surface area contributed by atoms with Gasteiger partial charge in [-0.1, -0.05) is 29.8 Å². The number of likely N-dealkylation sites (N-methyl/N-ethyl adjacent to an activating group) is 1. The number of anilines is 1. The van der Waals surface area contributed by atoms with Gasteiger partial charge in [0.15, 0.2) is 0 Å². The molecule has 0 aliphatic rings. The van der Waals surface area contributed by atoms with E-state index in [4.69, 9.17) is 16.3 Å². The van der Waals surface area contributed by atoms with Crippen LogP contribution in [0.5, 0.6) is 5.75 Å². The Balaban J connectivity index is 2.03. The summed E-state index contributed by atoms with van der Waals surface area (Å²) in [5.74, 6) is 0.831. The van der Waals surface area contributed by atoms with Gasteiger partial charge in [-0.15, -0.1) is 0 Å². The molecule has 0 spiro atoms. The smallest absolute Gasteiger partial charge is 0.322 e. The van der Waals surface area contributed by atoms with Gasteiger partial charge in [-0.25, -0.2) is 4.79 Å². The fourth-order valence-corrected chi connectivity index (χ4v) is 2.91. The standard InChI is InChI=1S/C20H25ClN2O2/c1-5-23(15(3)12-16-7-10-18(25-4)11-8-16)20(24)22-17-9-6-14(2)19(21)13-17/h6-11,13,15H,5,12H2,1-4H3,(H,22,24). The molecule has 0 bridgehead atoms. The SMILES string of the molecule is CCN(C(=O)Nc1ccc(C)c(Cl)c1)C(C)Cc1ccc(OC)cc1. The molecule has 0 aliphatic heterocycles. The van der Waals surface area contributed by atoms with Gasteiger partial charge in [0.2, 0.25) is 0 Å². The highest BCUT2D eigenvalue weighted by molar-refractivity contribution is 6.31. The van der Waals surface area contributed by atoms with Crippen LogP contribution >= 0.6 is 11.6 Å². The Morgan fingerprint density at radius 1 is 1.24 bits per heavy atom. The second-order valence-electron chi connectivity index (χ2n) is 6.08. The largest absolute Gasteiger partial charge is 0.497 e. The Kier molecular flexibility index (Phi) is 6.71. The van der Waals surface area contributed by atoms with E-state index in [1.165, 1.54) is 0 Å². The van der Waals surface area contributed by atoms with Gasteiger partial charge in [-0.05, 0) is 62.6 Å². The average Bonchev–Trinajstić information content (AvgIpc) is 2.59. The van der Waals surface area contributed by atoms with E-state index >= 15 is 0 Å². The molecule has 2 aromatic rings. The quantitative estimate of drug-likeness (QED) is 0.774. The number of carbonyl (C=O) groups is 1. The number of amides is 2. The van der Waals surface area contributed by atoms with Crippen molar-refractivity contribution in [3.05, 3.63) is 58.6 Å². The molecule has 0 radical (unpaired) electrons. The molecule has 2 amide bonds. The lowest BCUT2D eigenvalue weighted by Gasteiger charge is -2.28. The third-order valence-electron chi connectivity index (χ3n) is 4.25. The summed E-state index contributed by atoms with van der Waals surface area (Å²) < 4.78 is 5.18. The number of benzene rings is 2. The zero-order valence-corrected chi connectivity index (χ0v) is 15.9. The van der Waals surface area contributed by atoms with Gasteiger partial charge < -0.3 is 15.0 Å². The van der Waals surface area contributed by atoms with Crippen LogP contribution in [0, 0.1) is 6.92 Å². The van der Waals surface area contributed by atoms with Crippen molar-refractivity contribution in [3.8, 4) is 5.75 Å². The predicted octanol–water partition coefficient (Wildman–Crippen LogP) is 5.14. The number of methoxy groups -OCH3 is 1. The number of aryl methyl sites for hydroxylation is 1. The molecule has 2 rings (SSSR count). The molecule has 5 heteroatoms. The fraction of sp³-hybridized carbons (Fsp3) is 0.350. The molecule has 4 nitrogen and oxygen atoms in total. The summed E-state index contributed by atoms with van der Waals surface area (Å²) in [6, 6.07) is 13.4. The molecular weight excluding hydrogens is 336 g/mol. The van der Waals surface area contributed by atoms with Crippen molar-refractivity contribution >= 4 is 23.3 Å². The number of hydrogen-bond acceptors (Lipinski definition) is 2. The molecular formula is C20H25ClN2O2.